The van der Waals surface area contributed by atoms with Crippen molar-refractivity contribution >= 4 is 23.4 Å². The minimum Gasteiger partial charge on any atom is -0.496 e. The summed E-state index contributed by atoms with van der Waals surface area (Å²) < 4.78 is 51.6. The van der Waals surface area contributed by atoms with Crippen LogP contribution < -0.4 is 29.1 Å². The molecule has 4 aromatic rings. The predicted molar refractivity (Wildman–Crippen MR) is 146 cm³/mol. The van der Waals surface area contributed by atoms with Crippen LogP contribution in [-0.4, -0.2) is 30.5 Å². The van der Waals surface area contributed by atoms with Crippen LogP contribution in [-0.2, 0) is 16.1 Å². The molecule has 3 heterocycles. The van der Waals surface area contributed by atoms with E-state index in [1.807, 2.05) is 18.2 Å². The molecule has 2 aliphatic rings. The number of halogens is 2. The summed E-state index contributed by atoms with van der Waals surface area (Å²) in [6.07, 6.45) is 1.71. The molecule has 41 heavy (non-hydrogen) atoms. The van der Waals surface area contributed by atoms with Crippen molar-refractivity contribution in [2.45, 2.75) is 25.3 Å². The van der Waals surface area contributed by atoms with Gasteiger partial charge >= 0.3 is 5.97 Å². The number of esters is 1. The average Bonchev–Trinajstić information content (AvgIpc) is 3.24. The molecule has 8 nitrogen and oxygen atoms in total. The van der Waals surface area contributed by atoms with E-state index in [1.54, 1.807) is 37.3 Å². The summed E-state index contributed by atoms with van der Waals surface area (Å²) in [6, 6.07) is 14.9. The van der Waals surface area contributed by atoms with Crippen molar-refractivity contribution in [2.75, 3.05) is 14.2 Å². The van der Waals surface area contributed by atoms with Gasteiger partial charge < -0.3 is 18.9 Å². The molecule has 0 fully saturated rings. The molecular formula is C30H24F2N2O6S. The number of fused-ring (bicyclic) bond motifs is 6. The van der Waals surface area contributed by atoms with Gasteiger partial charge in [-0.1, -0.05) is 35.6 Å². The number of para-hydroxylation sites is 1. The lowest BCUT2D eigenvalue weighted by Gasteiger charge is -2.44. The fourth-order valence-electron chi connectivity index (χ4n) is 5.33. The molecule has 3 aromatic carbocycles. The number of carbonyl (C=O) groups is 1. The molecule has 2 aliphatic heterocycles. The van der Waals surface area contributed by atoms with Crippen LogP contribution in [0.1, 0.15) is 29.7 Å². The lowest BCUT2D eigenvalue weighted by atomic mass is 9.81. The number of thiazole rings is 1. The zero-order valence-corrected chi connectivity index (χ0v) is 23.0. The summed E-state index contributed by atoms with van der Waals surface area (Å²) in [6.45, 7) is 1.66. The Bertz CT molecular complexity index is 1870. The van der Waals surface area contributed by atoms with Gasteiger partial charge in [0.2, 0.25) is 5.72 Å². The second-order valence-corrected chi connectivity index (χ2v) is 10.8. The summed E-state index contributed by atoms with van der Waals surface area (Å²) in [4.78, 5) is 32.0. The third-order valence-corrected chi connectivity index (χ3v) is 8.20. The maximum Gasteiger partial charge on any atom is 0.317 e. The van der Waals surface area contributed by atoms with Crippen LogP contribution in [0.15, 0.2) is 70.5 Å². The van der Waals surface area contributed by atoms with Crippen LogP contribution in [0.3, 0.4) is 0 Å². The minimum atomic E-state index is -1.26. The van der Waals surface area contributed by atoms with Crippen LogP contribution in [0.2, 0.25) is 0 Å². The van der Waals surface area contributed by atoms with Crippen LogP contribution in [0.4, 0.5) is 8.78 Å². The van der Waals surface area contributed by atoms with Crippen LogP contribution in [0, 0.1) is 17.6 Å². The second kappa shape index (κ2) is 10.2. The van der Waals surface area contributed by atoms with Crippen LogP contribution >= 0.6 is 11.3 Å². The van der Waals surface area contributed by atoms with Crippen LogP contribution in [0.25, 0.3) is 6.08 Å². The quantitative estimate of drug-likeness (QED) is 0.324. The molecule has 3 atom stereocenters. The van der Waals surface area contributed by atoms with Crippen molar-refractivity contribution < 1.29 is 32.5 Å². The summed E-state index contributed by atoms with van der Waals surface area (Å²) in [5, 5.41) is 0. The first-order valence-electron chi connectivity index (χ1n) is 12.7. The molecule has 0 unspecified atom stereocenters. The number of hydrogen-bond acceptors (Lipinski definition) is 8. The van der Waals surface area contributed by atoms with Gasteiger partial charge in [0, 0.05) is 17.2 Å². The molecule has 0 spiro atoms. The first-order valence-corrected chi connectivity index (χ1v) is 13.5. The molecular weight excluding hydrogens is 554 g/mol. The number of methoxy groups -OCH3 is 2. The third kappa shape index (κ3) is 4.55. The summed E-state index contributed by atoms with van der Waals surface area (Å²) in [7, 11) is 2.80. The first kappa shape index (κ1) is 26.7. The lowest BCUT2D eigenvalue weighted by molar-refractivity contribution is -0.158. The van der Waals surface area contributed by atoms with Crippen molar-refractivity contribution in [3.63, 3.8) is 0 Å². The Kier molecular flexibility index (Phi) is 6.61. The van der Waals surface area contributed by atoms with Crippen molar-refractivity contribution in [3.05, 3.63) is 109 Å². The van der Waals surface area contributed by atoms with Gasteiger partial charge in [-0.3, -0.25) is 14.2 Å². The van der Waals surface area contributed by atoms with E-state index in [0.29, 0.717) is 37.5 Å². The van der Waals surface area contributed by atoms with Crippen LogP contribution in [0.5, 0.6) is 17.2 Å². The number of benzene rings is 3. The van der Waals surface area contributed by atoms with Gasteiger partial charge in [-0.25, -0.2) is 13.8 Å². The van der Waals surface area contributed by atoms with Crippen molar-refractivity contribution in [3.8, 4) is 17.2 Å². The molecule has 210 valence electrons. The molecule has 1 aromatic heterocycles. The molecule has 2 bridgehead atoms. The maximum absolute atomic E-state index is 14.1. The molecule has 11 heteroatoms. The number of aromatic nitrogens is 1. The molecule has 0 saturated carbocycles. The molecule has 6 rings (SSSR count). The zero-order valence-electron chi connectivity index (χ0n) is 22.2. The summed E-state index contributed by atoms with van der Waals surface area (Å²) in [5.74, 6) is -1.97. The lowest BCUT2D eigenvalue weighted by Crippen LogP contribution is -2.58. The first-order chi connectivity index (χ1) is 19.7. The number of ether oxygens (including phenoxy) is 4. The predicted octanol–water partition coefficient (Wildman–Crippen LogP) is 3.72. The SMILES string of the molecule is COC(=O)[C@@H]1[C@H]2c3ccccc3O[C@]1(C)N=c1s/c(=C/c3ccc(OC)c(COc4ccc(F)cc4F)c3)c(=O)n12. The number of rotatable bonds is 6. The Morgan fingerprint density at radius 1 is 1.12 bits per heavy atom. The summed E-state index contributed by atoms with van der Waals surface area (Å²) >= 11 is 1.19. The third-order valence-electron chi connectivity index (χ3n) is 7.21. The van der Waals surface area contributed by atoms with Crippen molar-refractivity contribution in [2.24, 2.45) is 10.9 Å². The van der Waals surface area contributed by atoms with Gasteiger partial charge in [-0.15, -0.1) is 0 Å². The Morgan fingerprint density at radius 2 is 1.90 bits per heavy atom. The smallest absolute Gasteiger partial charge is 0.317 e. The van der Waals surface area contributed by atoms with E-state index < -0.39 is 35.3 Å². The fourth-order valence-corrected chi connectivity index (χ4v) is 6.43. The summed E-state index contributed by atoms with van der Waals surface area (Å²) in [5.41, 5.74) is 0.373. The fraction of sp³-hybridized carbons (Fsp3) is 0.233. The maximum atomic E-state index is 14.1. The van der Waals surface area contributed by atoms with E-state index >= 15 is 0 Å². The van der Waals surface area contributed by atoms with E-state index in [2.05, 4.69) is 0 Å². The minimum absolute atomic E-state index is 0.0575. The van der Waals surface area contributed by atoms with E-state index in [0.717, 1.165) is 12.1 Å². The Hall–Kier alpha value is -4.51. The highest BCUT2D eigenvalue weighted by Gasteiger charge is 2.55. The van der Waals surface area contributed by atoms with Crippen molar-refractivity contribution in [1.82, 2.24) is 4.57 Å². The number of hydrogen-bond donors (Lipinski definition) is 0. The Morgan fingerprint density at radius 3 is 2.66 bits per heavy atom. The monoisotopic (exact) mass is 578 g/mol. The highest BCUT2D eigenvalue weighted by molar-refractivity contribution is 7.07. The van der Waals surface area contributed by atoms with Crippen molar-refractivity contribution in [1.29, 1.82) is 0 Å². The van der Waals surface area contributed by atoms with Gasteiger partial charge in [-0.2, -0.15) is 0 Å². The largest absolute Gasteiger partial charge is 0.496 e. The molecule has 0 aliphatic carbocycles. The Balaban J connectivity index is 1.43. The highest BCUT2D eigenvalue weighted by atomic mass is 32.1. The number of carbonyl (C=O) groups excluding carboxylic acids is 1. The number of nitrogens with zero attached hydrogens (tertiary/aromatic N) is 2. The average molecular weight is 579 g/mol. The van der Waals surface area contributed by atoms with Gasteiger partial charge in [0.05, 0.1) is 24.8 Å². The normalized spacial score (nSPS) is 20.8. The highest BCUT2D eigenvalue weighted by Crippen LogP contribution is 2.47. The molecule has 0 N–H and O–H groups in total. The topological polar surface area (TPSA) is 88.4 Å². The van der Waals surface area contributed by atoms with E-state index in [-0.39, 0.29) is 17.9 Å². The van der Waals surface area contributed by atoms with E-state index in [4.69, 9.17) is 23.9 Å². The molecule has 0 radical (unpaired) electrons. The molecule has 0 amide bonds. The second-order valence-electron chi connectivity index (χ2n) is 9.76. The van der Waals surface area contributed by atoms with E-state index in [9.17, 15) is 18.4 Å². The van der Waals surface area contributed by atoms with Gasteiger partial charge in [0.25, 0.3) is 5.56 Å². The van der Waals surface area contributed by atoms with Gasteiger partial charge in [-0.05, 0) is 48.9 Å². The van der Waals surface area contributed by atoms with Gasteiger partial charge in [0.1, 0.15) is 29.8 Å². The van der Waals surface area contributed by atoms with E-state index in [1.165, 1.54) is 36.2 Å². The molecule has 0 saturated heterocycles. The van der Waals surface area contributed by atoms with Gasteiger partial charge in [0.15, 0.2) is 16.4 Å². The Labute approximate surface area is 236 Å². The zero-order chi connectivity index (χ0) is 28.9. The standard InChI is InChI=1S/C30H24F2N2O6S/c1-30-25(28(36)38-3)26(19-6-4-5-7-22(19)40-30)34-27(35)24(41-29(34)33-30)13-16-8-10-21(37-2)17(12-16)15-39-23-11-9-18(31)14-20(23)32/h4-14,25-26H,15H2,1-3H3/b24-13+/t25-,26+,30-/m0/s1.